The number of rotatable bonds is 4. The van der Waals surface area contributed by atoms with Gasteiger partial charge in [-0.15, -0.1) is 0 Å². The highest BCUT2D eigenvalue weighted by Gasteiger charge is 2.45. The van der Waals surface area contributed by atoms with Crippen LogP contribution in [0, 0.1) is 0 Å². The molecule has 19 heavy (non-hydrogen) atoms. The Kier molecular flexibility index (Phi) is 4.47. The predicted octanol–water partition coefficient (Wildman–Crippen LogP) is 0.914. The second-order valence-corrected chi connectivity index (χ2v) is 4.18. The molecule has 0 spiro atoms. The minimum Gasteiger partial charge on any atom is -0.459 e. The molecule has 0 saturated carbocycles. The van der Waals surface area contributed by atoms with Gasteiger partial charge in [-0.05, 0) is 12.1 Å². The van der Waals surface area contributed by atoms with Crippen molar-refractivity contribution in [3.63, 3.8) is 0 Å². The first kappa shape index (κ1) is 13.9. The van der Waals surface area contributed by atoms with Crippen LogP contribution in [0.1, 0.15) is 10.4 Å². The highest BCUT2D eigenvalue weighted by Crippen LogP contribution is 2.24. The summed E-state index contributed by atoms with van der Waals surface area (Å²) in [4.78, 5) is 11.6. The third-order valence-corrected chi connectivity index (χ3v) is 2.89. The SMILES string of the molecule is CO[C@H]1O[C@H](COC(=O)c2ccccc2)C(F)[C@H]1O. The zero-order chi connectivity index (χ0) is 13.8. The van der Waals surface area contributed by atoms with Gasteiger partial charge in [0, 0.05) is 7.11 Å². The molecule has 0 radical (unpaired) electrons. The van der Waals surface area contributed by atoms with Crippen LogP contribution in [-0.4, -0.2) is 49.5 Å². The Bertz CT molecular complexity index is 424. The fourth-order valence-electron chi connectivity index (χ4n) is 1.84. The van der Waals surface area contributed by atoms with Gasteiger partial charge in [0.2, 0.25) is 0 Å². The van der Waals surface area contributed by atoms with Gasteiger partial charge in [0.25, 0.3) is 0 Å². The number of alkyl halides is 1. The molecule has 1 aliphatic heterocycles. The van der Waals surface area contributed by atoms with Gasteiger partial charge in [0.15, 0.2) is 12.5 Å². The van der Waals surface area contributed by atoms with E-state index in [0.717, 1.165) is 0 Å². The zero-order valence-corrected chi connectivity index (χ0v) is 10.4. The Morgan fingerprint density at radius 1 is 1.42 bits per heavy atom. The third-order valence-electron chi connectivity index (χ3n) is 2.89. The van der Waals surface area contributed by atoms with Crippen LogP contribution < -0.4 is 0 Å². The lowest BCUT2D eigenvalue weighted by molar-refractivity contribution is -0.153. The van der Waals surface area contributed by atoms with Gasteiger partial charge in [-0.1, -0.05) is 18.2 Å². The van der Waals surface area contributed by atoms with E-state index >= 15 is 0 Å². The topological polar surface area (TPSA) is 65.0 Å². The van der Waals surface area contributed by atoms with Crippen molar-refractivity contribution in [2.75, 3.05) is 13.7 Å². The van der Waals surface area contributed by atoms with Gasteiger partial charge < -0.3 is 19.3 Å². The number of aliphatic hydroxyl groups excluding tert-OH is 1. The lowest BCUT2D eigenvalue weighted by Gasteiger charge is -2.13. The lowest BCUT2D eigenvalue weighted by atomic mass is 10.2. The predicted molar refractivity (Wildman–Crippen MR) is 63.3 cm³/mol. The quantitative estimate of drug-likeness (QED) is 0.824. The van der Waals surface area contributed by atoms with Crippen LogP contribution in [0.2, 0.25) is 0 Å². The molecule has 1 aromatic rings. The summed E-state index contributed by atoms with van der Waals surface area (Å²) in [6.07, 6.45) is -5.07. The summed E-state index contributed by atoms with van der Waals surface area (Å²) in [5, 5.41) is 9.44. The molecule has 1 aromatic carbocycles. The summed E-state index contributed by atoms with van der Waals surface area (Å²) in [7, 11) is 1.30. The molecule has 104 valence electrons. The summed E-state index contributed by atoms with van der Waals surface area (Å²) in [5.74, 6) is -0.563. The number of methoxy groups -OCH3 is 1. The number of hydrogen-bond donors (Lipinski definition) is 1. The Balaban J connectivity index is 1.88. The number of carbonyl (C=O) groups is 1. The van der Waals surface area contributed by atoms with E-state index < -0.39 is 30.6 Å². The zero-order valence-electron chi connectivity index (χ0n) is 10.4. The first-order valence-electron chi connectivity index (χ1n) is 5.86. The summed E-state index contributed by atoms with van der Waals surface area (Å²) < 4.78 is 28.4. The van der Waals surface area contributed by atoms with Crippen LogP contribution in [0.4, 0.5) is 4.39 Å². The second kappa shape index (κ2) is 6.10. The normalized spacial score (nSPS) is 30.3. The largest absolute Gasteiger partial charge is 0.459 e. The Morgan fingerprint density at radius 3 is 2.68 bits per heavy atom. The standard InChI is InChI=1S/C13H15FO5/c1-17-13-11(15)10(14)9(19-13)7-18-12(16)8-5-3-2-4-6-8/h2-6,9-11,13,15H,7H2,1H3/t9-,10?,11-,13+/m1/s1. The Labute approximate surface area is 109 Å². The monoisotopic (exact) mass is 270 g/mol. The van der Waals surface area contributed by atoms with Gasteiger partial charge in [0.05, 0.1) is 5.56 Å². The molecule has 0 bridgehead atoms. The number of aliphatic hydroxyl groups is 1. The van der Waals surface area contributed by atoms with Crippen molar-refractivity contribution in [2.45, 2.75) is 24.7 Å². The average molecular weight is 270 g/mol. The van der Waals surface area contributed by atoms with E-state index in [9.17, 15) is 14.3 Å². The van der Waals surface area contributed by atoms with E-state index in [-0.39, 0.29) is 6.61 Å². The molecule has 0 aromatic heterocycles. The Hall–Kier alpha value is -1.50. The maximum absolute atomic E-state index is 13.6. The van der Waals surface area contributed by atoms with Crippen LogP contribution in [0.3, 0.4) is 0 Å². The smallest absolute Gasteiger partial charge is 0.338 e. The third kappa shape index (κ3) is 3.09. The summed E-state index contributed by atoms with van der Waals surface area (Å²) in [6.45, 7) is -0.272. The molecule has 5 nitrogen and oxygen atoms in total. The molecule has 1 heterocycles. The average Bonchev–Trinajstić information content (AvgIpc) is 2.73. The molecule has 1 aliphatic rings. The molecule has 0 amide bonds. The van der Waals surface area contributed by atoms with Crippen molar-refractivity contribution in [2.24, 2.45) is 0 Å². The fourth-order valence-corrected chi connectivity index (χ4v) is 1.84. The molecular formula is C13H15FO5. The molecule has 2 rings (SSSR count). The second-order valence-electron chi connectivity index (χ2n) is 4.18. The van der Waals surface area contributed by atoms with Crippen molar-refractivity contribution in [1.82, 2.24) is 0 Å². The first-order chi connectivity index (χ1) is 9.13. The highest BCUT2D eigenvalue weighted by atomic mass is 19.1. The van der Waals surface area contributed by atoms with E-state index in [2.05, 4.69) is 0 Å². The maximum Gasteiger partial charge on any atom is 0.338 e. The van der Waals surface area contributed by atoms with Crippen LogP contribution in [0.5, 0.6) is 0 Å². The van der Waals surface area contributed by atoms with Crippen molar-refractivity contribution in [1.29, 1.82) is 0 Å². The van der Waals surface area contributed by atoms with Crippen molar-refractivity contribution < 1.29 is 28.5 Å². The van der Waals surface area contributed by atoms with Crippen LogP contribution in [-0.2, 0) is 14.2 Å². The van der Waals surface area contributed by atoms with Gasteiger partial charge >= 0.3 is 5.97 Å². The number of carbonyl (C=O) groups excluding carboxylic acids is 1. The van der Waals surface area contributed by atoms with E-state index in [0.29, 0.717) is 5.56 Å². The summed E-state index contributed by atoms with van der Waals surface area (Å²) in [6, 6.07) is 8.36. The number of esters is 1. The number of hydrogen-bond acceptors (Lipinski definition) is 5. The van der Waals surface area contributed by atoms with E-state index in [1.807, 2.05) is 0 Å². The molecule has 1 fully saturated rings. The first-order valence-corrected chi connectivity index (χ1v) is 5.86. The Morgan fingerprint density at radius 2 is 2.11 bits per heavy atom. The minimum absolute atomic E-state index is 0.272. The summed E-state index contributed by atoms with van der Waals surface area (Å²) >= 11 is 0. The van der Waals surface area contributed by atoms with Crippen LogP contribution in [0.25, 0.3) is 0 Å². The van der Waals surface area contributed by atoms with Gasteiger partial charge in [0.1, 0.15) is 18.8 Å². The maximum atomic E-state index is 13.6. The van der Waals surface area contributed by atoms with E-state index in [1.54, 1.807) is 30.3 Å². The lowest BCUT2D eigenvalue weighted by Crippen LogP contribution is -2.31. The molecule has 1 N–H and O–H groups in total. The van der Waals surface area contributed by atoms with Crippen molar-refractivity contribution >= 4 is 5.97 Å². The fraction of sp³-hybridized carbons (Fsp3) is 0.462. The molecule has 1 unspecified atom stereocenters. The van der Waals surface area contributed by atoms with E-state index in [1.165, 1.54) is 7.11 Å². The van der Waals surface area contributed by atoms with Gasteiger partial charge in [-0.25, -0.2) is 9.18 Å². The van der Waals surface area contributed by atoms with Crippen molar-refractivity contribution in [3.05, 3.63) is 35.9 Å². The molecular weight excluding hydrogens is 255 g/mol. The van der Waals surface area contributed by atoms with Crippen LogP contribution in [0.15, 0.2) is 30.3 Å². The number of benzene rings is 1. The molecule has 6 heteroatoms. The van der Waals surface area contributed by atoms with E-state index in [4.69, 9.17) is 14.2 Å². The van der Waals surface area contributed by atoms with Gasteiger partial charge in [-0.3, -0.25) is 0 Å². The molecule has 0 aliphatic carbocycles. The number of halogens is 1. The minimum atomic E-state index is -1.64. The van der Waals surface area contributed by atoms with Gasteiger partial charge in [-0.2, -0.15) is 0 Å². The van der Waals surface area contributed by atoms with Crippen molar-refractivity contribution in [3.8, 4) is 0 Å². The molecule has 1 saturated heterocycles. The highest BCUT2D eigenvalue weighted by molar-refractivity contribution is 5.89. The summed E-state index contributed by atoms with van der Waals surface area (Å²) in [5.41, 5.74) is 0.375. The number of ether oxygens (including phenoxy) is 3. The van der Waals surface area contributed by atoms with Crippen LogP contribution >= 0.6 is 0 Å². The molecule has 4 atom stereocenters.